The summed E-state index contributed by atoms with van der Waals surface area (Å²) in [4.78, 5) is 14.9. The molecule has 2 N–H and O–H groups in total. The van der Waals surface area contributed by atoms with E-state index in [0.29, 0.717) is 22.2 Å². The van der Waals surface area contributed by atoms with Crippen LogP contribution in [0.2, 0.25) is 10.2 Å². The summed E-state index contributed by atoms with van der Waals surface area (Å²) in [5, 5.41) is 3.40. The maximum absolute atomic E-state index is 12.2. The normalized spacial score (nSPS) is 11.9. The zero-order valence-corrected chi connectivity index (χ0v) is 13.9. The van der Waals surface area contributed by atoms with Crippen molar-refractivity contribution in [2.45, 2.75) is 13.0 Å². The lowest BCUT2D eigenvalue weighted by Crippen LogP contribution is -2.27. The Hall–Kier alpha value is -1.85. The van der Waals surface area contributed by atoms with Crippen molar-refractivity contribution in [2.75, 3.05) is 14.2 Å². The van der Waals surface area contributed by atoms with Crippen LogP contribution in [0, 0.1) is 0 Å². The van der Waals surface area contributed by atoms with Gasteiger partial charge in [0, 0.05) is 11.6 Å². The number of H-pyrrole nitrogens is 1. The molecule has 1 atom stereocenters. The molecule has 0 saturated heterocycles. The van der Waals surface area contributed by atoms with Crippen molar-refractivity contribution in [2.24, 2.45) is 0 Å². The largest absolute Gasteiger partial charge is 0.497 e. The van der Waals surface area contributed by atoms with Crippen LogP contribution in [-0.4, -0.2) is 25.1 Å². The number of carbonyl (C=O) groups excluding carboxylic acids is 1. The summed E-state index contributed by atoms with van der Waals surface area (Å²) >= 11 is 11.6. The maximum atomic E-state index is 12.2. The van der Waals surface area contributed by atoms with Crippen molar-refractivity contribution < 1.29 is 14.3 Å². The Labute approximate surface area is 138 Å². The molecule has 1 aromatic carbocycles. The van der Waals surface area contributed by atoms with E-state index >= 15 is 0 Å². The van der Waals surface area contributed by atoms with Gasteiger partial charge in [0.2, 0.25) is 0 Å². The van der Waals surface area contributed by atoms with Crippen LogP contribution < -0.4 is 14.8 Å². The molecule has 2 aromatic rings. The third kappa shape index (κ3) is 3.48. The molecule has 0 fully saturated rings. The second-order valence-electron chi connectivity index (χ2n) is 4.65. The van der Waals surface area contributed by atoms with E-state index in [1.54, 1.807) is 20.3 Å². The van der Waals surface area contributed by atoms with Crippen molar-refractivity contribution >= 4 is 29.1 Å². The van der Waals surface area contributed by atoms with Gasteiger partial charge in [-0.1, -0.05) is 23.2 Å². The number of aromatic amines is 1. The van der Waals surface area contributed by atoms with Crippen molar-refractivity contribution in [3.8, 4) is 11.5 Å². The number of ether oxygens (including phenoxy) is 2. The SMILES string of the molecule is COc1ccc(C(C)NC(=O)c2cc(Cl)c(Cl)[nH]2)c(OC)c1. The lowest BCUT2D eigenvalue weighted by molar-refractivity contribution is 0.0935. The van der Waals surface area contributed by atoms with E-state index in [1.165, 1.54) is 6.07 Å². The minimum atomic E-state index is -0.306. The van der Waals surface area contributed by atoms with Crippen molar-refractivity contribution in [3.63, 3.8) is 0 Å². The topological polar surface area (TPSA) is 63.3 Å². The fraction of sp³-hybridized carbons (Fsp3) is 0.267. The fourth-order valence-electron chi connectivity index (χ4n) is 2.05. The smallest absolute Gasteiger partial charge is 0.268 e. The van der Waals surface area contributed by atoms with E-state index < -0.39 is 0 Å². The van der Waals surface area contributed by atoms with Crippen LogP contribution in [0.1, 0.15) is 29.0 Å². The molecule has 118 valence electrons. The van der Waals surface area contributed by atoms with Crippen LogP contribution in [0.5, 0.6) is 11.5 Å². The van der Waals surface area contributed by atoms with Gasteiger partial charge in [0.25, 0.3) is 5.91 Å². The van der Waals surface area contributed by atoms with Crippen LogP contribution in [0.3, 0.4) is 0 Å². The number of benzene rings is 1. The molecule has 22 heavy (non-hydrogen) atoms. The maximum Gasteiger partial charge on any atom is 0.268 e. The number of hydrogen-bond donors (Lipinski definition) is 2. The van der Waals surface area contributed by atoms with E-state index in [0.717, 1.165) is 5.56 Å². The Morgan fingerprint density at radius 2 is 1.95 bits per heavy atom. The summed E-state index contributed by atoms with van der Waals surface area (Å²) in [6.07, 6.45) is 0. The zero-order chi connectivity index (χ0) is 16.3. The number of hydrogen-bond acceptors (Lipinski definition) is 3. The van der Waals surface area contributed by atoms with E-state index in [-0.39, 0.29) is 17.1 Å². The second-order valence-corrected chi connectivity index (χ2v) is 5.43. The third-order valence-electron chi connectivity index (χ3n) is 3.22. The number of aromatic nitrogens is 1. The fourth-order valence-corrected chi connectivity index (χ4v) is 2.37. The molecule has 0 bridgehead atoms. The molecule has 0 aliphatic carbocycles. The molecular weight excluding hydrogens is 327 g/mol. The van der Waals surface area contributed by atoms with E-state index in [1.807, 2.05) is 19.1 Å². The standard InChI is InChI=1S/C15H16Cl2N2O3/c1-8(10-5-4-9(21-2)6-13(10)22-3)18-15(20)12-7-11(16)14(17)19-12/h4-8,19H,1-3H3,(H,18,20). The lowest BCUT2D eigenvalue weighted by atomic mass is 10.1. The minimum absolute atomic E-state index is 0.237. The molecule has 0 aliphatic heterocycles. The molecule has 5 nitrogen and oxygen atoms in total. The average Bonchev–Trinajstić information content (AvgIpc) is 2.86. The number of carbonyl (C=O) groups is 1. The van der Waals surface area contributed by atoms with Gasteiger partial charge in [-0.3, -0.25) is 4.79 Å². The van der Waals surface area contributed by atoms with Gasteiger partial charge in [0.15, 0.2) is 0 Å². The molecule has 0 spiro atoms. The summed E-state index contributed by atoms with van der Waals surface area (Å²) in [6.45, 7) is 1.86. The number of methoxy groups -OCH3 is 2. The molecule has 7 heteroatoms. The average molecular weight is 343 g/mol. The summed E-state index contributed by atoms with van der Waals surface area (Å²) in [5.74, 6) is 1.01. The Morgan fingerprint density at radius 1 is 1.23 bits per heavy atom. The Morgan fingerprint density at radius 3 is 2.50 bits per heavy atom. The van der Waals surface area contributed by atoms with Gasteiger partial charge >= 0.3 is 0 Å². The number of rotatable bonds is 5. The summed E-state index contributed by atoms with van der Waals surface area (Å²) in [7, 11) is 3.15. The highest BCUT2D eigenvalue weighted by atomic mass is 35.5. The van der Waals surface area contributed by atoms with E-state index in [4.69, 9.17) is 32.7 Å². The molecule has 1 aromatic heterocycles. The summed E-state index contributed by atoms with van der Waals surface area (Å²) < 4.78 is 10.5. The van der Waals surface area contributed by atoms with Crippen LogP contribution >= 0.6 is 23.2 Å². The van der Waals surface area contributed by atoms with Gasteiger partial charge in [-0.15, -0.1) is 0 Å². The molecular formula is C15H16Cl2N2O3. The first-order valence-electron chi connectivity index (χ1n) is 6.53. The van der Waals surface area contributed by atoms with Gasteiger partial charge in [-0.2, -0.15) is 0 Å². The predicted octanol–water partition coefficient (Wildman–Crippen LogP) is 3.83. The quantitative estimate of drug-likeness (QED) is 0.867. The molecule has 0 radical (unpaired) electrons. The number of amides is 1. The number of nitrogens with one attached hydrogen (secondary N) is 2. The molecule has 1 unspecified atom stereocenters. The predicted molar refractivity (Wildman–Crippen MR) is 86.2 cm³/mol. The zero-order valence-electron chi connectivity index (χ0n) is 12.4. The molecule has 2 rings (SSSR count). The van der Waals surface area contributed by atoms with Crippen LogP contribution in [-0.2, 0) is 0 Å². The van der Waals surface area contributed by atoms with Gasteiger partial charge in [-0.25, -0.2) is 0 Å². The van der Waals surface area contributed by atoms with Crippen LogP contribution in [0.15, 0.2) is 24.3 Å². The van der Waals surface area contributed by atoms with Crippen LogP contribution in [0.4, 0.5) is 0 Å². The minimum Gasteiger partial charge on any atom is -0.497 e. The van der Waals surface area contributed by atoms with Gasteiger partial charge in [-0.05, 0) is 25.1 Å². The number of halogens is 2. The Bertz CT molecular complexity index is 666. The highest BCUT2D eigenvalue weighted by Crippen LogP contribution is 2.29. The molecule has 0 aliphatic rings. The first-order valence-corrected chi connectivity index (χ1v) is 7.28. The highest BCUT2D eigenvalue weighted by Gasteiger charge is 2.18. The third-order valence-corrected chi connectivity index (χ3v) is 3.92. The summed E-state index contributed by atoms with van der Waals surface area (Å²) in [6, 6.07) is 6.63. The Kier molecular flexibility index (Phi) is 5.21. The van der Waals surface area contributed by atoms with Crippen molar-refractivity contribution in [1.29, 1.82) is 0 Å². The van der Waals surface area contributed by atoms with Gasteiger partial charge in [0.1, 0.15) is 22.3 Å². The molecule has 1 heterocycles. The van der Waals surface area contributed by atoms with Crippen molar-refractivity contribution in [3.05, 3.63) is 45.7 Å². The van der Waals surface area contributed by atoms with Gasteiger partial charge < -0.3 is 19.8 Å². The van der Waals surface area contributed by atoms with Gasteiger partial charge in [0.05, 0.1) is 25.3 Å². The first-order chi connectivity index (χ1) is 10.5. The lowest BCUT2D eigenvalue weighted by Gasteiger charge is -2.17. The second kappa shape index (κ2) is 6.94. The van der Waals surface area contributed by atoms with E-state index in [2.05, 4.69) is 10.3 Å². The monoisotopic (exact) mass is 342 g/mol. The highest BCUT2D eigenvalue weighted by molar-refractivity contribution is 6.41. The molecule has 1 amide bonds. The van der Waals surface area contributed by atoms with E-state index in [9.17, 15) is 4.79 Å². The first kappa shape index (κ1) is 16.5. The molecule has 0 saturated carbocycles. The van der Waals surface area contributed by atoms with Crippen LogP contribution in [0.25, 0.3) is 0 Å². The Balaban J connectivity index is 2.18. The van der Waals surface area contributed by atoms with Crippen molar-refractivity contribution in [1.82, 2.24) is 10.3 Å². The summed E-state index contributed by atoms with van der Waals surface area (Å²) in [5.41, 5.74) is 1.13.